The van der Waals surface area contributed by atoms with Gasteiger partial charge in [-0.05, 0) is 30.4 Å². The van der Waals surface area contributed by atoms with Crippen LogP contribution in [0.1, 0.15) is 24.0 Å². The highest BCUT2D eigenvalue weighted by molar-refractivity contribution is 5.81. The number of hydrogen-bond donors (Lipinski definition) is 1. The standard InChI is InChI=1S/C14H18N2O/c17-13(16-8-1-2-9-16)10-12-5-3-4-11-6-7-15-14(11)12/h3-5,15H,1-2,6-10H2. The lowest BCUT2D eigenvalue weighted by molar-refractivity contribution is -0.129. The lowest BCUT2D eigenvalue weighted by Gasteiger charge is -2.16. The number of likely N-dealkylation sites (tertiary alicyclic amines) is 1. The molecular formula is C14H18N2O. The number of hydrogen-bond acceptors (Lipinski definition) is 2. The number of rotatable bonds is 2. The number of fused-ring (bicyclic) bond motifs is 1. The van der Waals surface area contributed by atoms with Gasteiger partial charge < -0.3 is 10.2 Å². The van der Waals surface area contributed by atoms with Crippen molar-refractivity contribution >= 4 is 11.6 Å². The predicted molar refractivity (Wildman–Crippen MR) is 68.2 cm³/mol. The maximum atomic E-state index is 12.1. The number of nitrogens with one attached hydrogen (secondary N) is 1. The van der Waals surface area contributed by atoms with Crippen LogP contribution in [-0.2, 0) is 17.6 Å². The summed E-state index contributed by atoms with van der Waals surface area (Å²) in [7, 11) is 0. The van der Waals surface area contributed by atoms with E-state index in [1.807, 2.05) is 4.90 Å². The van der Waals surface area contributed by atoms with Crippen molar-refractivity contribution in [1.29, 1.82) is 0 Å². The summed E-state index contributed by atoms with van der Waals surface area (Å²) >= 11 is 0. The van der Waals surface area contributed by atoms with Crippen LogP contribution in [0.2, 0.25) is 0 Å². The molecule has 1 fully saturated rings. The normalized spacial score (nSPS) is 18.0. The van der Waals surface area contributed by atoms with Gasteiger partial charge in [-0.25, -0.2) is 0 Å². The molecule has 0 aliphatic carbocycles. The average Bonchev–Trinajstić information content (AvgIpc) is 3.00. The molecule has 3 heteroatoms. The summed E-state index contributed by atoms with van der Waals surface area (Å²) in [5.41, 5.74) is 3.73. The molecule has 2 heterocycles. The molecule has 3 nitrogen and oxygen atoms in total. The Hall–Kier alpha value is -1.51. The van der Waals surface area contributed by atoms with Crippen molar-refractivity contribution in [2.45, 2.75) is 25.7 Å². The number of carbonyl (C=O) groups excluding carboxylic acids is 1. The Balaban J connectivity index is 1.76. The van der Waals surface area contributed by atoms with E-state index in [0.717, 1.165) is 44.5 Å². The number of nitrogens with zero attached hydrogens (tertiary/aromatic N) is 1. The molecule has 1 amide bonds. The van der Waals surface area contributed by atoms with Crippen LogP contribution < -0.4 is 5.32 Å². The predicted octanol–water partition coefficient (Wildman–Crippen LogP) is 1.82. The highest BCUT2D eigenvalue weighted by Crippen LogP contribution is 2.27. The summed E-state index contributed by atoms with van der Waals surface area (Å²) in [6.07, 6.45) is 3.96. The highest BCUT2D eigenvalue weighted by Gasteiger charge is 2.21. The lowest BCUT2D eigenvalue weighted by Crippen LogP contribution is -2.29. The number of carbonyl (C=O) groups is 1. The van der Waals surface area contributed by atoms with E-state index in [-0.39, 0.29) is 5.91 Å². The summed E-state index contributed by atoms with van der Waals surface area (Å²) in [5, 5.41) is 3.39. The summed E-state index contributed by atoms with van der Waals surface area (Å²) in [4.78, 5) is 14.1. The highest BCUT2D eigenvalue weighted by atomic mass is 16.2. The first-order valence-electron chi connectivity index (χ1n) is 6.47. The van der Waals surface area contributed by atoms with Gasteiger partial charge in [-0.15, -0.1) is 0 Å². The molecule has 0 atom stereocenters. The zero-order valence-corrected chi connectivity index (χ0v) is 10.0. The monoisotopic (exact) mass is 230 g/mol. The third-order valence-electron chi connectivity index (χ3n) is 3.73. The van der Waals surface area contributed by atoms with Crippen molar-refractivity contribution in [2.24, 2.45) is 0 Å². The van der Waals surface area contributed by atoms with Crippen molar-refractivity contribution in [3.8, 4) is 0 Å². The zero-order valence-electron chi connectivity index (χ0n) is 10.0. The Labute approximate surface area is 102 Å². The summed E-state index contributed by atoms with van der Waals surface area (Å²) in [6.45, 7) is 2.90. The van der Waals surface area contributed by atoms with E-state index in [4.69, 9.17) is 0 Å². The van der Waals surface area contributed by atoms with E-state index in [1.54, 1.807) is 0 Å². The Morgan fingerprint density at radius 2 is 2.12 bits per heavy atom. The number of para-hydroxylation sites is 1. The van der Waals surface area contributed by atoms with Gasteiger partial charge >= 0.3 is 0 Å². The van der Waals surface area contributed by atoms with Gasteiger partial charge in [-0.1, -0.05) is 18.2 Å². The van der Waals surface area contributed by atoms with Crippen LogP contribution in [0.25, 0.3) is 0 Å². The fraction of sp³-hybridized carbons (Fsp3) is 0.500. The maximum absolute atomic E-state index is 12.1. The third kappa shape index (κ3) is 2.02. The molecule has 2 aliphatic rings. The van der Waals surface area contributed by atoms with Crippen molar-refractivity contribution in [1.82, 2.24) is 4.90 Å². The fourth-order valence-corrected chi connectivity index (χ4v) is 2.80. The van der Waals surface area contributed by atoms with Crippen LogP contribution in [0, 0.1) is 0 Å². The Morgan fingerprint density at radius 3 is 2.94 bits per heavy atom. The molecule has 0 radical (unpaired) electrons. The van der Waals surface area contributed by atoms with Gasteiger partial charge in [0, 0.05) is 25.3 Å². The van der Waals surface area contributed by atoms with Gasteiger partial charge in [-0.3, -0.25) is 4.79 Å². The molecule has 1 aromatic carbocycles. The molecule has 1 aromatic rings. The minimum Gasteiger partial charge on any atom is -0.384 e. The molecule has 1 saturated heterocycles. The first-order valence-corrected chi connectivity index (χ1v) is 6.47. The summed E-state index contributed by atoms with van der Waals surface area (Å²) in [5.74, 6) is 0.282. The van der Waals surface area contributed by atoms with Crippen molar-refractivity contribution in [3.05, 3.63) is 29.3 Å². The van der Waals surface area contributed by atoms with Gasteiger partial charge in [0.05, 0.1) is 6.42 Å². The molecule has 0 unspecified atom stereocenters. The van der Waals surface area contributed by atoms with Crippen LogP contribution in [0.3, 0.4) is 0 Å². The Morgan fingerprint density at radius 1 is 1.29 bits per heavy atom. The molecule has 17 heavy (non-hydrogen) atoms. The lowest BCUT2D eigenvalue weighted by atomic mass is 10.0. The van der Waals surface area contributed by atoms with Gasteiger partial charge in [0.25, 0.3) is 0 Å². The second kappa shape index (κ2) is 4.40. The minimum absolute atomic E-state index is 0.282. The number of amides is 1. The number of benzene rings is 1. The van der Waals surface area contributed by atoms with E-state index in [9.17, 15) is 4.79 Å². The summed E-state index contributed by atoms with van der Waals surface area (Å²) < 4.78 is 0. The van der Waals surface area contributed by atoms with Crippen LogP contribution >= 0.6 is 0 Å². The molecule has 0 aromatic heterocycles. The molecule has 0 saturated carbocycles. The molecule has 0 spiro atoms. The molecule has 0 bridgehead atoms. The fourth-order valence-electron chi connectivity index (χ4n) is 2.80. The van der Waals surface area contributed by atoms with E-state index < -0.39 is 0 Å². The first kappa shape index (κ1) is 10.6. The second-order valence-corrected chi connectivity index (χ2v) is 4.89. The largest absolute Gasteiger partial charge is 0.384 e. The maximum Gasteiger partial charge on any atom is 0.227 e. The SMILES string of the molecule is O=C(Cc1cccc2c1NCC2)N1CCCC1. The third-order valence-corrected chi connectivity index (χ3v) is 3.73. The van der Waals surface area contributed by atoms with Crippen molar-refractivity contribution < 1.29 is 4.79 Å². The van der Waals surface area contributed by atoms with Crippen molar-refractivity contribution in [2.75, 3.05) is 25.0 Å². The molecule has 1 N–H and O–H groups in total. The van der Waals surface area contributed by atoms with Crippen molar-refractivity contribution in [3.63, 3.8) is 0 Å². The van der Waals surface area contributed by atoms with Crippen LogP contribution in [0.4, 0.5) is 5.69 Å². The van der Waals surface area contributed by atoms with E-state index >= 15 is 0 Å². The quantitative estimate of drug-likeness (QED) is 0.840. The topological polar surface area (TPSA) is 32.3 Å². The van der Waals surface area contributed by atoms with Gasteiger partial charge in [0.1, 0.15) is 0 Å². The van der Waals surface area contributed by atoms with Crippen LogP contribution in [0.5, 0.6) is 0 Å². The molecule has 2 aliphatic heterocycles. The second-order valence-electron chi connectivity index (χ2n) is 4.89. The Bertz CT molecular complexity index is 436. The average molecular weight is 230 g/mol. The molecular weight excluding hydrogens is 212 g/mol. The Kier molecular flexibility index (Phi) is 2.75. The molecule has 90 valence electrons. The van der Waals surface area contributed by atoms with E-state index in [1.165, 1.54) is 11.3 Å². The van der Waals surface area contributed by atoms with Gasteiger partial charge in [0.15, 0.2) is 0 Å². The van der Waals surface area contributed by atoms with E-state index in [2.05, 4.69) is 23.5 Å². The van der Waals surface area contributed by atoms with Crippen LogP contribution in [-0.4, -0.2) is 30.4 Å². The van der Waals surface area contributed by atoms with E-state index in [0.29, 0.717) is 6.42 Å². The number of anilines is 1. The summed E-state index contributed by atoms with van der Waals surface area (Å²) in [6, 6.07) is 6.29. The zero-order chi connectivity index (χ0) is 11.7. The minimum atomic E-state index is 0.282. The van der Waals surface area contributed by atoms with Gasteiger partial charge in [0.2, 0.25) is 5.91 Å². The van der Waals surface area contributed by atoms with Gasteiger partial charge in [-0.2, -0.15) is 0 Å². The van der Waals surface area contributed by atoms with Crippen LogP contribution in [0.15, 0.2) is 18.2 Å². The molecule has 3 rings (SSSR count). The smallest absolute Gasteiger partial charge is 0.227 e. The first-order chi connectivity index (χ1) is 8.34.